The summed E-state index contributed by atoms with van der Waals surface area (Å²) >= 11 is 0. The smallest absolute Gasteiger partial charge is 0.271 e. The minimum Gasteiger partial charge on any atom is -0.494 e. The van der Waals surface area contributed by atoms with Crippen LogP contribution < -0.4 is 10.2 Å². The molecule has 0 saturated heterocycles. The first-order valence-electron chi connectivity index (χ1n) is 6.51. The number of hydrogen-bond acceptors (Lipinski definition) is 3. The van der Waals surface area contributed by atoms with E-state index < -0.39 is 0 Å². The molecule has 0 unspecified atom stereocenters. The fourth-order valence-electron chi connectivity index (χ4n) is 1.65. The Hall–Kier alpha value is -2.69. The molecule has 1 amide bonds. The number of nitrogens with one attached hydrogen (secondary N) is 1. The van der Waals surface area contributed by atoms with Gasteiger partial charge >= 0.3 is 0 Å². The van der Waals surface area contributed by atoms with E-state index in [1.54, 1.807) is 36.4 Å². The van der Waals surface area contributed by atoms with Crippen molar-refractivity contribution in [2.24, 2.45) is 5.10 Å². The highest BCUT2D eigenvalue weighted by atomic mass is 19.1. The second-order valence-electron chi connectivity index (χ2n) is 4.21. The number of carbonyl (C=O) groups is 1. The third-order valence-electron chi connectivity index (χ3n) is 2.68. The van der Waals surface area contributed by atoms with Crippen LogP contribution in [0.3, 0.4) is 0 Å². The van der Waals surface area contributed by atoms with Crippen LogP contribution in [0.1, 0.15) is 22.8 Å². The maximum Gasteiger partial charge on any atom is 0.271 e. The number of amides is 1. The summed E-state index contributed by atoms with van der Waals surface area (Å²) in [6.07, 6.45) is 1.45. The molecule has 0 saturated carbocycles. The van der Waals surface area contributed by atoms with Gasteiger partial charge in [0.2, 0.25) is 0 Å². The summed E-state index contributed by atoms with van der Waals surface area (Å²) in [6, 6.07) is 12.6. The molecule has 0 aliphatic rings. The van der Waals surface area contributed by atoms with Crippen molar-refractivity contribution in [2.75, 3.05) is 6.61 Å². The maximum atomic E-state index is 12.7. The van der Waals surface area contributed by atoms with Crippen molar-refractivity contribution < 1.29 is 13.9 Å². The van der Waals surface area contributed by atoms with Crippen LogP contribution in [0.5, 0.6) is 5.75 Å². The second-order valence-corrected chi connectivity index (χ2v) is 4.21. The molecule has 2 aromatic carbocycles. The molecule has 0 spiro atoms. The molecule has 2 rings (SSSR count). The van der Waals surface area contributed by atoms with Crippen molar-refractivity contribution in [2.45, 2.75) is 6.92 Å². The largest absolute Gasteiger partial charge is 0.494 e. The third-order valence-corrected chi connectivity index (χ3v) is 2.68. The summed E-state index contributed by atoms with van der Waals surface area (Å²) in [5, 5.41) is 3.83. The van der Waals surface area contributed by atoms with E-state index in [1.807, 2.05) is 6.92 Å². The second kappa shape index (κ2) is 7.19. The van der Waals surface area contributed by atoms with Crippen LogP contribution in [0.4, 0.5) is 4.39 Å². The van der Waals surface area contributed by atoms with Gasteiger partial charge in [-0.05, 0) is 48.9 Å². The first-order chi connectivity index (χ1) is 10.2. The predicted octanol–water partition coefficient (Wildman–Crippen LogP) is 2.99. The number of carbonyl (C=O) groups excluding carboxylic acids is 1. The van der Waals surface area contributed by atoms with Crippen LogP contribution in [0.25, 0.3) is 0 Å². The maximum absolute atomic E-state index is 12.7. The summed E-state index contributed by atoms with van der Waals surface area (Å²) in [4.78, 5) is 11.8. The molecular weight excluding hydrogens is 271 g/mol. The Kier molecular flexibility index (Phi) is 5.04. The van der Waals surface area contributed by atoms with Gasteiger partial charge in [0.1, 0.15) is 11.6 Å². The van der Waals surface area contributed by atoms with Gasteiger partial charge in [-0.2, -0.15) is 5.10 Å². The van der Waals surface area contributed by atoms with Crippen molar-refractivity contribution >= 4 is 12.1 Å². The lowest BCUT2D eigenvalue weighted by Gasteiger charge is -2.03. The first-order valence-corrected chi connectivity index (χ1v) is 6.51. The average Bonchev–Trinajstić information content (AvgIpc) is 2.50. The molecule has 0 heterocycles. The van der Waals surface area contributed by atoms with Crippen molar-refractivity contribution in [3.8, 4) is 5.75 Å². The summed E-state index contributed by atoms with van der Waals surface area (Å²) in [5.74, 6) is 0.0749. The Labute approximate surface area is 122 Å². The molecule has 2 aromatic rings. The van der Waals surface area contributed by atoms with Crippen molar-refractivity contribution in [3.05, 3.63) is 65.5 Å². The van der Waals surface area contributed by atoms with Crippen LogP contribution in [0.15, 0.2) is 53.6 Å². The van der Waals surface area contributed by atoms with Crippen LogP contribution in [-0.4, -0.2) is 18.7 Å². The molecule has 5 heteroatoms. The van der Waals surface area contributed by atoms with E-state index in [2.05, 4.69) is 10.5 Å². The molecule has 0 aliphatic carbocycles. The summed E-state index contributed by atoms with van der Waals surface area (Å²) < 4.78 is 18.0. The number of hydrogen-bond donors (Lipinski definition) is 1. The Bertz CT molecular complexity index is 622. The Balaban J connectivity index is 1.93. The molecule has 1 N–H and O–H groups in total. The SMILES string of the molecule is CCOc1ccc(C(=O)NN=Cc2ccc(F)cc2)cc1. The summed E-state index contributed by atoms with van der Waals surface area (Å²) in [5.41, 5.74) is 3.59. The fourth-order valence-corrected chi connectivity index (χ4v) is 1.65. The molecule has 0 aliphatic heterocycles. The number of halogens is 1. The fraction of sp³-hybridized carbons (Fsp3) is 0.125. The van der Waals surface area contributed by atoms with Gasteiger partial charge in [-0.15, -0.1) is 0 Å². The van der Waals surface area contributed by atoms with E-state index in [9.17, 15) is 9.18 Å². The van der Waals surface area contributed by atoms with Gasteiger partial charge in [0.15, 0.2) is 0 Å². The van der Waals surface area contributed by atoms with E-state index >= 15 is 0 Å². The zero-order valence-corrected chi connectivity index (χ0v) is 11.5. The number of nitrogens with zero attached hydrogens (tertiary/aromatic N) is 1. The quantitative estimate of drug-likeness (QED) is 0.678. The van der Waals surface area contributed by atoms with Crippen LogP contribution >= 0.6 is 0 Å². The molecule has 4 nitrogen and oxygen atoms in total. The predicted molar refractivity (Wildman–Crippen MR) is 79.1 cm³/mol. The Morgan fingerprint density at radius 2 is 1.86 bits per heavy atom. The lowest BCUT2D eigenvalue weighted by Crippen LogP contribution is -2.17. The van der Waals surface area contributed by atoms with Gasteiger partial charge in [0.05, 0.1) is 12.8 Å². The lowest BCUT2D eigenvalue weighted by atomic mass is 10.2. The van der Waals surface area contributed by atoms with Gasteiger partial charge in [-0.3, -0.25) is 4.79 Å². The molecule has 21 heavy (non-hydrogen) atoms. The van der Waals surface area contributed by atoms with Crippen molar-refractivity contribution in [1.29, 1.82) is 0 Å². The molecule has 108 valence electrons. The highest BCUT2D eigenvalue weighted by Crippen LogP contribution is 2.11. The van der Waals surface area contributed by atoms with E-state index in [0.717, 1.165) is 0 Å². The van der Waals surface area contributed by atoms with Gasteiger partial charge < -0.3 is 4.74 Å². The lowest BCUT2D eigenvalue weighted by molar-refractivity contribution is 0.0955. The van der Waals surface area contributed by atoms with Gasteiger partial charge in [-0.1, -0.05) is 12.1 Å². The Morgan fingerprint density at radius 1 is 1.19 bits per heavy atom. The van der Waals surface area contributed by atoms with E-state index in [4.69, 9.17) is 4.74 Å². The van der Waals surface area contributed by atoms with Crippen molar-refractivity contribution in [1.82, 2.24) is 5.43 Å². The third kappa shape index (κ3) is 4.42. The number of hydrazone groups is 1. The van der Waals surface area contributed by atoms with Crippen LogP contribution in [0.2, 0.25) is 0 Å². The molecule has 0 radical (unpaired) electrons. The average molecular weight is 286 g/mol. The van der Waals surface area contributed by atoms with E-state index in [-0.39, 0.29) is 11.7 Å². The minimum atomic E-state index is -0.323. The highest BCUT2D eigenvalue weighted by molar-refractivity contribution is 5.94. The van der Waals surface area contributed by atoms with Gasteiger partial charge in [0, 0.05) is 5.56 Å². The first kappa shape index (κ1) is 14.7. The van der Waals surface area contributed by atoms with Crippen molar-refractivity contribution in [3.63, 3.8) is 0 Å². The standard InChI is InChI=1S/C16H15FN2O2/c1-2-21-15-9-5-13(6-10-15)16(20)19-18-11-12-3-7-14(17)8-4-12/h3-11H,2H2,1H3,(H,19,20). The molecular formula is C16H15FN2O2. The van der Waals surface area contributed by atoms with E-state index in [1.165, 1.54) is 18.3 Å². The highest BCUT2D eigenvalue weighted by Gasteiger charge is 2.03. The van der Waals surface area contributed by atoms with Gasteiger partial charge in [0.25, 0.3) is 5.91 Å². The zero-order chi connectivity index (χ0) is 15.1. The summed E-state index contributed by atoms with van der Waals surface area (Å²) in [7, 11) is 0. The monoisotopic (exact) mass is 286 g/mol. The minimum absolute atomic E-state index is 0.314. The molecule has 0 fully saturated rings. The number of ether oxygens (including phenoxy) is 1. The Morgan fingerprint density at radius 3 is 2.48 bits per heavy atom. The zero-order valence-electron chi connectivity index (χ0n) is 11.5. The summed E-state index contributed by atoms with van der Waals surface area (Å²) in [6.45, 7) is 2.47. The topological polar surface area (TPSA) is 50.7 Å². The number of benzene rings is 2. The normalized spacial score (nSPS) is 10.6. The molecule has 0 aromatic heterocycles. The van der Waals surface area contributed by atoms with Crippen LogP contribution in [-0.2, 0) is 0 Å². The van der Waals surface area contributed by atoms with Crippen LogP contribution in [0, 0.1) is 5.82 Å². The number of rotatable bonds is 5. The van der Waals surface area contributed by atoms with E-state index in [0.29, 0.717) is 23.5 Å². The molecule has 0 bridgehead atoms. The van der Waals surface area contributed by atoms with Gasteiger partial charge in [-0.25, -0.2) is 9.82 Å². The molecule has 0 atom stereocenters.